The molecule has 1 amide bonds. The van der Waals surface area contributed by atoms with Crippen molar-refractivity contribution in [1.82, 2.24) is 19.8 Å². The third-order valence-electron chi connectivity index (χ3n) is 6.21. The van der Waals surface area contributed by atoms with Gasteiger partial charge >= 0.3 is 0 Å². The fourth-order valence-corrected chi connectivity index (χ4v) is 4.77. The number of para-hydroxylation sites is 1. The molecular formula is C23H24N4O2. The molecule has 1 N–H and O–H groups in total. The van der Waals surface area contributed by atoms with Gasteiger partial charge in [0.15, 0.2) is 5.43 Å². The molecule has 3 saturated heterocycles. The first-order valence-corrected chi connectivity index (χ1v) is 10.2. The van der Waals surface area contributed by atoms with E-state index in [-0.39, 0.29) is 11.3 Å². The van der Waals surface area contributed by atoms with Crippen LogP contribution in [0, 0.1) is 5.92 Å². The van der Waals surface area contributed by atoms with Crippen LogP contribution in [0.2, 0.25) is 0 Å². The summed E-state index contributed by atoms with van der Waals surface area (Å²) in [4.78, 5) is 37.3. The molecule has 0 radical (unpaired) electrons. The second-order valence-corrected chi connectivity index (χ2v) is 8.18. The van der Waals surface area contributed by atoms with Gasteiger partial charge in [-0.25, -0.2) is 0 Å². The Morgan fingerprint density at radius 3 is 2.76 bits per heavy atom. The van der Waals surface area contributed by atoms with E-state index in [2.05, 4.69) is 14.9 Å². The molecule has 2 aromatic heterocycles. The molecule has 6 nitrogen and oxygen atoms in total. The van der Waals surface area contributed by atoms with Crippen LogP contribution in [-0.2, 0) is 6.54 Å². The summed E-state index contributed by atoms with van der Waals surface area (Å²) < 4.78 is 0. The van der Waals surface area contributed by atoms with Crippen molar-refractivity contribution < 1.29 is 4.79 Å². The number of hydrogen-bond acceptors (Lipinski definition) is 4. The van der Waals surface area contributed by atoms with Crippen molar-refractivity contribution in [2.75, 3.05) is 19.6 Å². The van der Waals surface area contributed by atoms with Crippen LogP contribution in [0.4, 0.5) is 0 Å². The maximum absolute atomic E-state index is 13.0. The summed E-state index contributed by atoms with van der Waals surface area (Å²) in [6.07, 6.45) is 5.57. The van der Waals surface area contributed by atoms with E-state index in [0.29, 0.717) is 24.1 Å². The lowest BCUT2D eigenvalue weighted by Crippen LogP contribution is -2.44. The zero-order valence-corrected chi connectivity index (χ0v) is 16.3. The van der Waals surface area contributed by atoms with E-state index in [1.165, 1.54) is 0 Å². The number of piperidine rings is 1. The van der Waals surface area contributed by atoms with Gasteiger partial charge in [0.1, 0.15) is 0 Å². The molecule has 3 fully saturated rings. The largest absolute Gasteiger partial charge is 0.357 e. The second kappa shape index (κ2) is 7.44. The Bertz CT molecular complexity index is 1090. The van der Waals surface area contributed by atoms with Gasteiger partial charge in [0.2, 0.25) is 0 Å². The number of rotatable bonds is 3. The van der Waals surface area contributed by atoms with Gasteiger partial charge in [-0.3, -0.25) is 19.5 Å². The molecule has 0 saturated carbocycles. The first kappa shape index (κ1) is 18.1. The molecule has 3 aromatic rings. The van der Waals surface area contributed by atoms with Gasteiger partial charge in [-0.15, -0.1) is 0 Å². The van der Waals surface area contributed by atoms with E-state index in [1.54, 1.807) is 30.6 Å². The van der Waals surface area contributed by atoms with Gasteiger partial charge in [-0.2, -0.15) is 0 Å². The molecular weight excluding hydrogens is 364 g/mol. The van der Waals surface area contributed by atoms with Crippen molar-refractivity contribution in [2.45, 2.75) is 25.4 Å². The van der Waals surface area contributed by atoms with Crippen LogP contribution in [0.3, 0.4) is 0 Å². The van der Waals surface area contributed by atoms with E-state index in [0.717, 1.165) is 49.1 Å². The van der Waals surface area contributed by atoms with Crippen molar-refractivity contribution in [3.05, 3.63) is 76.3 Å². The Morgan fingerprint density at radius 1 is 1.07 bits per heavy atom. The zero-order chi connectivity index (χ0) is 19.8. The van der Waals surface area contributed by atoms with Gasteiger partial charge < -0.3 is 9.88 Å². The van der Waals surface area contributed by atoms with Gasteiger partial charge in [-0.1, -0.05) is 12.1 Å². The topological polar surface area (TPSA) is 69.3 Å². The minimum Gasteiger partial charge on any atom is -0.357 e. The fraction of sp³-hybridized carbons (Fsp3) is 0.348. The third-order valence-corrected chi connectivity index (χ3v) is 6.21. The van der Waals surface area contributed by atoms with Crippen molar-refractivity contribution in [1.29, 1.82) is 0 Å². The van der Waals surface area contributed by atoms with E-state index >= 15 is 0 Å². The SMILES string of the molecule is O=C(c1ccncc1)N1C[C@@H]2CC[C@H](C1)N(Cc1cc(=O)c3ccccc3[nH]1)C2. The fourth-order valence-electron chi connectivity index (χ4n) is 4.77. The van der Waals surface area contributed by atoms with E-state index < -0.39 is 0 Å². The summed E-state index contributed by atoms with van der Waals surface area (Å²) in [5, 5.41) is 0.725. The van der Waals surface area contributed by atoms with E-state index in [4.69, 9.17) is 0 Å². The molecule has 2 atom stereocenters. The predicted octanol–water partition coefficient (Wildman–Crippen LogP) is 2.66. The number of aromatic nitrogens is 2. The standard InChI is InChI=1S/C23H24N4O2/c28-22-11-18(25-21-4-2-1-3-20(21)22)14-26-12-16-5-6-19(26)15-27(13-16)23(29)17-7-9-24-10-8-17/h1-4,7-11,16,19H,5-6,12-15H2,(H,25,28)/t16-,19-/m1/s1. The highest BCUT2D eigenvalue weighted by molar-refractivity contribution is 5.94. The number of nitrogens with one attached hydrogen (secondary N) is 1. The van der Waals surface area contributed by atoms with Crippen molar-refractivity contribution in [2.24, 2.45) is 5.92 Å². The third kappa shape index (κ3) is 3.56. The maximum atomic E-state index is 13.0. The highest BCUT2D eigenvalue weighted by atomic mass is 16.2. The summed E-state index contributed by atoms with van der Waals surface area (Å²) in [7, 11) is 0. The number of hydrogen-bond donors (Lipinski definition) is 1. The van der Waals surface area contributed by atoms with Crippen molar-refractivity contribution in [3.63, 3.8) is 0 Å². The van der Waals surface area contributed by atoms with Gasteiger partial charge in [0.05, 0.1) is 0 Å². The number of fused-ring (bicyclic) bond motifs is 5. The minimum atomic E-state index is 0.0591. The lowest BCUT2D eigenvalue weighted by Gasteiger charge is -2.35. The maximum Gasteiger partial charge on any atom is 0.254 e. The van der Waals surface area contributed by atoms with Crippen LogP contribution < -0.4 is 5.43 Å². The molecule has 0 aliphatic carbocycles. The molecule has 148 valence electrons. The highest BCUT2D eigenvalue weighted by Gasteiger charge is 2.36. The molecule has 0 spiro atoms. The van der Waals surface area contributed by atoms with Crippen LogP contribution in [0.1, 0.15) is 28.9 Å². The highest BCUT2D eigenvalue weighted by Crippen LogP contribution is 2.29. The molecule has 2 bridgehead atoms. The van der Waals surface area contributed by atoms with Crippen molar-refractivity contribution >= 4 is 16.8 Å². The molecule has 0 unspecified atom stereocenters. The molecule has 5 heterocycles. The Balaban J connectivity index is 1.37. The van der Waals surface area contributed by atoms with Crippen LogP contribution in [-0.4, -0.2) is 51.4 Å². The smallest absolute Gasteiger partial charge is 0.254 e. The monoisotopic (exact) mass is 388 g/mol. The number of carbonyl (C=O) groups excluding carboxylic acids is 1. The van der Waals surface area contributed by atoms with Gasteiger partial charge in [-0.05, 0) is 43.0 Å². The summed E-state index contributed by atoms with van der Waals surface area (Å²) in [5.41, 5.74) is 2.58. The Morgan fingerprint density at radius 2 is 1.90 bits per heavy atom. The molecule has 29 heavy (non-hydrogen) atoms. The van der Waals surface area contributed by atoms with Crippen LogP contribution in [0.15, 0.2) is 59.7 Å². The predicted molar refractivity (Wildman–Crippen MR) is 112 cm³/mol. The summed E-state index contributed by atoms with van der Waals surface area (Å²) in [6, 6.07) is 13.2. The van der Waals surface area contributed by atoms with Crippen LogP contribution in [0.25, 0.3) is 10.9 Å². The number of H-pyrrole nitrogens is 1. The minimum absolute atomic E-state index is 0.0591. The molecule has 3 aliphatic rings. The quantitative estimate of drug-likeness (QED) is 0.749. The average molecular weight is 388 g/mol. The normalized spacial score (nSPS) is 22.0. The molecule has 1 aromatic carbocycles. The summed E-state index contributed by atoms with van der Waals surface area (Å²) in [5.74, 6) is 0.553. The first-order chi connectivity index (χ1) is 14.2. The Kier molecular flexibility index (Phi) is 4.64. The average Bonchev–Trinajstić information content (AvgIpc) is 3.06. The summed E-state index contributed by atoms with van der Waals surface area (Å²) >= 11 is 0. The number of pyridine rings is 2. The Labute approximate surface area is 169 Å². The van der Waals surface area contributed by atoms with E-state index in [9.17, 15) is 9.59 Å². The lowest BCUT2D eigenvalue weighted by molar-refractivity contribution is 0.0735. The summed E-state index contributed by atoms with van der Waals surface area (Å²) in [6.45, 7) is 3.19. The number of benzene rings is 1. The van der Waals surface area contributed by atoms with Crippen LogP contribution >= 0.6 is 0 Å². The van der Waals surface area contributed by atoms with Gasteiger partial charge in [0.25, 0.3) is 5.91 Å². The van der Waals surface area contributed by atoms with Crippen molar-refractivity contribution in [3.8, 4) is 0 Å². The zero-order valence-electron chi connectivity index (χ0n) is 16.3. The molecule has 6 heteroatoms. The molecule has 3 aliphatic heterocycles. The molecule has 6 rings (SSSR count). The van der Waals surface area contributed by atoms with Crippen LogP contribution in [0.5, 0.6) is 0 Å². The first-order valence-electron chi connectivity index (χ1n) is 10.2. The number of carbonyl (C=O) groups is 1. The van der Waals surface area contributed by atoms with E-state index in [1.807, 2.05) is 29.2 Å². The van der Waals surface area contributed by atoms with Gasteiger partial charge in [0, 0.05) is 72.8 Å². The number of aromatic amines is 1. The second-order valence-electron chi connectivity index (χ2n) is 8.18. The number of nitrogens with zero attached hydrogens (tertiary/aromatic N) is 3. The lowest BCUT2D eigenvalue weighted by atomic mass is 9.95. The number of amides is 1. The Hall–Kier alpha value is -2.99.